The van der Waals surface area contributed by atoms with E-state index in [1.165, 1.54) is 19.1 Å². The summed E-state index contributed by atoms with van der Waals surface area (Å²) in [4.78, 5) is 10.5. The van der Waals surface area contributed by atoms with E-state index in [1.807, 2.05) is 0 Å². The van der Waals surface area contributed by atoms with E-state index in [4.69, 9.17) is 16.7 Å². The molecular weight excluding hydrogens is 209 g/mol. The summed E-state index contributed by atoms with van der Waals surface area (Å²) >= 11 is 5.46. The summed E-state index contributed by atoms with van der Waals surface area (Å²) in [5, 5.41) is 11.2. The molecule has 1 aromatic rings. The SMILES string of the molecule is C[C@H](Nc1ccc(Cl)c(F)c1)C(=O)O. The lowest BCUT2D eigenvalue weighted by Crippen LogP contribution is -2.25. The third-order valence-corrected chi connectivity index (χ3v) is 1.98. The Labute approximate surface area is 85.5 Å². The Bertz CT molecular complexity index is 357. The van der Waals surface area contributed by atoms with Gasteiger partial charge in [0, 0.05) is 5.69 Å². The Morgan fingerprint density at radius 2 is 2.29 bits per heavy atom. The average Bonchev–Trinajstić information content (AvgIpc) is 2.11. The van der Waals surface area contributed by atoms with E-state index < -0.39 is 17.8 Å². The maximum absolute atomic E-state index is 12.9. The molecule has 0 aliphatic carbocycles. The number of carboxylic acid groups (broad SMARTS) is 1. The van der Waals surface area contributed by atoms with Gasteiger partial charge in [-0.25, -0.2) is 4.39 Å². The lowest BCUT2D eigenvalue weighted by atomic mass is 10.2. The number of nitrogens with one attached hydrogen (secondary N) is 1. The highest BCUT2D eigenvalue weighted by Gasteiger charge is 2.10. The van der Waals surface area contributed by atoms with Gasteiger partial charge in [0.25, 0.3) is 0 Å². The van der Waals surface area contributed by atoms with E-state index in [0.29, 0.717) is 5.69 Å². The van der Waals surface area contributed by atoms with Crippen molar-refractivity contribution in [2.75, 3.05) is 5.32 Å². The van der Waals surface area contributed by atoms with Crippen LogP contribution < -0.4 is 5.32 Å². The first-order valence-electron chi connectivity index (χ1n) is 3.95. The molecule has 0 fully saturated rings. The first kappa shape index (κ1) is 10.8. The topological polar surface area (TPSA) is 49.3 Å². The second-order valence-electron chi connectivity index (χ2n) is 2.83. The zero-order chi connectivity index (χ0) is 10.7. The second kappa shape index (κ2) is 4.28. The summed E-state index contributed by atoms with van der Waals surface area (Å²) in [6.07, 6.45) is 0. The predicted molar refractivity (Wildman–Crippen MR) is 52.1 cm³/mol. The van der Waals surface area contributed by atoms with Crippen LogP contribution in [0.5, 0.6) is 0 Å². The Kier molecular flexibility index (Phi) is 3.30. The van der Waals surface area contributed by atoms with Crippen LogP contribution in [0.1, 0.15) is 6.92 Å². The van der Waals surface area contributed by atoms with Crippen LogP contribution in [0.3, 0.4) is 0 Å². The van der Waals surface area contributed by atoms with Crippen molar-refractivity contribution in [1.29, 1.82) is 0 Å². The second-order valence-corrected chi connectivity index (χ2v) is 3.24. The van der Waals surface area contributed by atoms with Crippen LogP contribution in [0.2, 0.25) is 5.02 Å². The Balaban J connectivity index is 2.78. The van der Waals surface area contributed by atoms with E-state index in [1.54, 1.807) is 0 Å². The lowest BCUT2D eigenvalue weighted by Gasteiger charge is -2.10. The highest BCUT2D eigenvalue weighted by molar-refractivity contribution is 6.30. The molecule has 0 aliphatic heterocycles. The molecule has 5 heteroatoms. The van der Waals surface area contributed by atoms with E-state index in [0.717, 1.165) is 6.07 Å². The van der Waals surface area contributed by atoms with E-state index >= 15 is 0 Å². The van der Waals surface area contributed by atoms with Crippen LogP contribution >= 0.6 is 11.6 Å². The molecule has 0 bridgehead atoms. The molecular formula is C9H9ClFNO2. The van der Waals surface area contributed by atoms with Gasteiger partial charge in [0.15, 0.2) is 0 Å². The van der Waals surface area contributed by atoms with Gasteiger partial charge in [-0.15, -0.1) is 0 Å². The molecule has 14 heavy (non-hydrogen) atoms. The largest absolute Gasteiger partial charge is 0.480 e. The molecule has 0 radical (unpaired) electrons. The normalized spacial score (nSPS) is 12.2. The molecule has 0 spiro atoms. The summed E-state index contributed by atoms with van der Waals surface area (Å²) in [7, 11) is 0. The van der Waals surface area contributed by atoms with E-state index in [-0.39, 0.29) is 5.02 Å². The first-order valence-corrected chi connectivity index (χ1v) is 4.33. The van der Waals surface area contributed by atoms with Crippen molar-refractivity contribution < 1.29 is 14.3 Å². The highest BCUT2D eigenvalue weighted by atomic mass is 35.5. The zero-order valence-electron chi connectivity index (χ0n) is 7.42. The number of halogens is 2. The number of rotatable bonds is 3. The quantitative estimate of drug-likeness (QED) is 0.817. The van der Waals surface area contributed by atoms with Gasteiger partial charge in [-0.3, -0.25) is 4.79 Å². The summed E-state index contributed by atoms with van der Waals surface area (Å²) in [6.45, 7) is 1.47. The minimum atomic E-state index is -1.000. The summed E-state index contributed by atoms with van der Waals surface area (Å²) in [5.41, 5.74) is 0.391. The van der Waals surface area contributed by atoms with Crippen LogP contribution in [0.4, 0.5) is 10.1 Å². The third kappa shape index (κ3) is 2.60. The number of hydrogen-bond acceptors (Lipinski definition) is 2. The number of hydrogen-bond donors (Lipinski definition) is 2. The number of aliphatic carboxylic acids is 1. The molecule has 0 heterocycles. The smallest absolute Gasteiger partial charge is 0.325 e. The van der Waals surface area contributed by atoms with Crippen LogP contribution in [-0.2, 0) is 4.79 Å². The first-order chi connectivity index (χ1) is 6.50. The van der Waals surface area contributed by atoms with Gasteiger partial charge in [-0.2, -0.15) is 0 Å². The van der Waals surface area contributed by atoms with E-state index in [9.17, 15) is 9.18 Å². The summed E-state index contributed by atoms with van der Waals surface area (Å²) in [6, 6.07) is 3.27. The van der Waals surface area contributed by atoms with Crippen molar-refractivity contribution in [1.82, 2.24) is 0 Å². The molecule has 0 amide bonds. The molecule has 2 N–H and O–H groups in total. The van der Waals surface area contributed by atoms with Gasteiger partial charge in [0.05, 0.1) is 5.02 Å². The third-order valence-electron chi connectivity index (χ3n) is 1.67. The van der Waals surface area contributed by atoms with Gasteiger partial charge in [0.2, 0.25) is 0 Å². The summed E-state index contributed by atoms with van der Waals surface area (Å²) in [5.74, 6) is -1.57. The predicted octanol–water partition coefficient (Wildman–Crippen LogP) is 2.36. The fourth-order valence-corrected chi connectivity index (χ4v) is 1.02. The number of benzene rings is 1. The van der Waals surface area contributed by atoms with Gasteiger partial charge < -0.3 is 10.4 Å². The Hall–Kier alpha value is -1.29. The van der Waals surface area contributed by atoms with Crippen LogP contribution in [0.15, 0.2) is 18.2 Å². The molecule has 76 valence electrons. The number of anilines is 1. The van der Waals surface area contributed by atoms with Crippen molar-refractivity contribution in [2.45, 2.75) is 13.0 Å². The molecule has 1 aromatic carbocycles. The van der Waals surface area contributed by atoms with Gasteiger partial charge in [0.1, 0.15) is 11.9 Å². The Morgan fingerprint density at radius 1 is 1.64 bits per heavy atom. The van der Waals surface area contributed by atoms with Crippen molar-refractivity contribution in [3.63, 3.8) is 0 Å². The molecule has 0 aliphatic rings. The van der Waals surface area contributed by atoms with Crippen LogP contribution in [0, 0.1) is 5.82 Å². The molecule has 3 nitrogen and oxygen atoms in total. The number of carboxylic acids is 1. The molecule has 0 unspecified atom stereocenters. The van der Waals surface area contributed by atoms with Crippen LogP contribution in [-0.4, -0.2) is 17.1 Å². The van der Waals surface area contributed by atoms with Gasteiger partial charge in [-0.1, -0.05) is 11.6 Å². The minimum absolute atomic E-state index is 0.0125. The molecule has 1 rings (SSSR count). The van der Waals surface area contributed by atoms with Crippen LogP contribution in [0.25, 0.3) is 0 Å². The molecule has 1 atom stereocenters. The fourth-order valence-electron chi connectivity index (χ4n) is 0.898. The molecule has 0 aromatic heterocycles. The van der Waals surface area contributed by atoms with Crippen molar-refractivity contribution in [2.24, 2.45) is 0 Å². The van der Waals surface area contributed by atoms with Crippen molar-refractivity contribution in [3.8, 4) is 0 Å². The van der Waals surface area contributed by atoms with Gasteiger partial charge >= 0.3 is 5.97 Å². The summed E-state index contributed by atoms with van der Waals surface area (Å²) < 4.78 is 12.9. The maximum Gasteiger partial charge on any atom is 0.325 e. The average molecular weight is 218 g/mol. The lowest BCUT2D eigenvalue weighted by molar-refractivity contribution is -0.137. The Morgan fingerprint density at radius 3 is 2.79 bits per heavy atom. The number of carbonyl (C=O) groups is 1. The van der Waals surface area contributed by atoms with Crippen molar-refractivity contribution in [3.05, 3.63) is 29.0 Å². The molecule has 0 saturated carbocycles. The maximum atomic E-state index is 12.9. The van der Waals surface area contributed by atoms with Gasteiger partial charge in [-0.05, 0) is 25.1 Å². The van der Waals surface area contributed by atoms with E-state index in [2.05, 4.69) is 5.32 Å². The zero-order valence-corrected chi connectivity index (χ0v) is 8.18. The highest BCUT2D eigenvalue weighted by Crippen LogP contribution is 2.19. The van der Waals surface area contributed by atoms with Crippen molar-refractivity contribution >= 4 is 23.3 Å². The minimum Gasteiger partial charge on any atom is -0.480 e. The standard InChI is InChI=1S/C9H9ClFNO2/c1-5(9(13)14)12-6-2-3-7(10)8(11)4-6/h2-5,12H,1H3,(H,13,14)/t5-/m0/s1. The monoisotopic (exact) mass is 217 g/mol. The molecule has 0 saturated heterocycles. The fraction of sp³-hybridized carbons (Fsp3) is 0.222.